The summed E-state index contributed by atoms with van der Waals surface area (Å²) < 4.78 is 2.13. The smallest absolute Gasteiger partial charge is 0.127 e. The van der Waals surface area contributed by atoms with Crippen molar-refractivity contribution in [2.24, 2.45) is 0 Å². The molecule has 16 heavy (non-hydrogen) atoms. The molecule has 2 rings (SSSR count). The first-order valence-corrected chi connectivity index (χ1v) is 7.12. The number of hydrogen-bond donors (Lipinski definition) is 1. The molecule has 4 heteroatoms. The minimum Gasteiger partial charge on any atom is -0.384 e. The van der Waals surface area contributed by atoms with Gasteiger partial charge >= 0.3 is 0 Å². The maximum Gasteiger partial charge on any atom is 0.127 e. The second kappa shape index (κ2) is 4.95. The van der Waals surface area contributed by atoms with Crippen molar-refractivity contribution in [3.05, 3.63) is 24.2 Å². The highest BCUT2D eigenvalue weighted by Gasteiger charge is 2.30. The van der Waals surface area contributed by atoms with Gasteiger partial charge in [0, 0.05) is 18.9 Å². The maximum absolute atomic E-state index is 6.14. The van der Waals surface area contributed by atoms with Crippen molar-refractivity contribution in [1.82, 2.24) is 9.55 Å². The van der Waals surface area contributed by atoms with Gasteiger partial charge in [0.2, 0.25) is 0 Å². The Bertz CT molecular complexity index is 380. The van der Waals surface area contributed by atoms with Crippen LogP contribution in [-0.4, -0.2) is 21.6 Å². The molecule has 0 spiro atoms. The fourth-order valence-electron chi connectivity index (χ4n) is 1.89. The highest BCUT2D eigenvalue weighted by molar-refractivity contribution is 7.98. The lowest BCUT2D eigenvalue weighted by molar-refractivity contribution is 0.750. The van der Waals surface area contributed by atoms with E-state index in [0.717, 1.165) is 30.2 Å². The van der Waals surface area contributed by atoms with Gasteiger partial charge in [0.1, 0.15) is 11.6 Å². The topological polar surface area (TPSA) is 43.8 Å². The lowest BCUT2D eigenvalue weighted by Gasteiger charge is -2.05. The van der Waals surface area contributed by atoms with Gasteiger partial charge in [0.25, 0.3) is 0 Å². The van der Waals surface area contributed by atoms with E-state index in [4.69, 9.17) is 10.7 Å². The number of nitrogen functional groups attached to an aromatic ring is 1. The van der Waals surface area contributed by atoms with Crippen LogP contribution < -0.4 is 5.73 Å². The number of imidazole rings is 1. The summed E-state index contributed by atoms with van der Waals surface area (Å²) in [6.07, 6.45) is 7.49. The standard InChI is InChI=1S/C12H19N3S/c1-3-7-15-11(13)10(6-8-16-2)14-12(15)9-4-5-9/h3,9H,1,4-8,13H2,2H3. The second-order valence-corrected chi connectivity index (χ2v) is 5.20. The van der Waals surface area contributed by atoms with E-state index in [0.29, 0.717) is 5.92 Å². The van der Waals surface area contributed by atoms with E-state index in [2.05, 4.69) is 17.4 Å². The maximum atomic E-state index is 6.14. The van der Waals surface area contributed by atoms with Gasteiger partial charge in [-0.25, -0.2) is 4.98 Å². The van der Waals surface area contributed by atoms with Crippen LogP contribution in [0.5, 0.6) is 0 Å². The molecule has 0 saturated heterocycles. The third-order valence-corrected chi connectivity index (χ3v) is 3.52. The zero-order chi connectivity index (χ0) is 11.5. The van der Waals surface area contributed by atoms with Gasteiger partial charge in [-0.3, -0.25) is 0 Å². The molecular weight excluding hydrogens is 218 g/mol. The Labute approximate surface area is 101 Å². The van der Waals surface area contributed by atoms with Crippen LogP contribution in [0.1, 0.15) is 30.3 Å². The highest BCUT2D eigenvalue weighted by atomic mass is 32.2. The largest absolute Gasteiger partial charge is 0.384 e. The average molecular weight is 237 g/mol. The summed E-state index contributed by atoms with van der Waals surface area (Å²) in [5.41, 5.74) is 7.21. The molecule has 1 heterocycles. The van der Waals surface area contributed by atoms with E-state index in [9.17, 15) is 0 Å². The zero-order valence-corrected chi connectivity index (χ0v) is 10.6. The lowest BCUT2D eigenvalue weighted by Crippen LogP contribution is -2.05. The fraction of sp³-hybridized carbons (Fsp3) is 0.583. The Morgan fingerprint density at radius 1 is 1.62 bits per heavy atom. The molecule has 1 aromatic rings. The predicted octanol–water partition coefficient (Wildman–Crippen LogP) is 2.43. The van der Waals surface area contributed by atoms with Crippen LogP contribution in [0, 0.1) is 0 Å². The molecule has 1 saturated carbocycles. The van der Waals surface area contributed by atoms with Crippen LogP contribution in [0.2, 0.25) is 0 Å². The quantitative estimate of drug-likeness (QED) is 0.773. The van der Waals surface area contributed by atoms with Crippen LogP contribution >= 0.6 is 11.8 Å². The number of aromatic nitrogens is 2. The Morgan fingerprint density at radius 2 is 2.38 bits per heavy atom. The lowest BCUT2D eigenvalue weighted by atomic mass is 10.3. The van der Waals surface area contributed by atoms with Gasteiger partial charge in [-0.05, 0) is 24.9 Å². The molecule has 0 aliphatic heterocycles. The zero-order valence-electron chi connectivity index (χ0n) is 9.78. The summed E-state index contributed by atoms with van der Waals surface area (Å²) in [5.74, 6) is 3.74. The summed E-state index contributed by atoms with van der Waals surface area (Å²) in [6, 6.07) is 0. The third kappa shape index (κ3) is 2.26. The van der Waals surface area contributed by atoms with E-state index >= 15 is 0 Å². The summed E-state index contributed by atoms with van der Waals surface area (Å²) in [5, 5.41) is 0. The molecule has 1 fully saturated rings. The first-order chi connectivity index (χ1) is 7.77. The summed E-state index contributed by atoms with van der Waals surface area (Å²) in [4.78, 5) is 4.70. The van der Waals surface area contributed by atoms with Gasteiger partial charge in [-0.1, -0.05) is 6.08 Å². The first-order valence-electron chi connectivity index (χ1n) is 5.72. The van der Waals surface area contributed by atoms with Crippen molar-refractivity contribution in [2.75, 3.05) is 17.7 Å². The molecule has 1 aliphatic carbocycles. The third-order valence-electron chi connectivity index (χ3n) is 2.91. The van der Waals surface area contributed by atoms with Crippen molar-refractivity contribution in [1.29, 1.82) is 0 Å². The number of aryl methyl sites for hydroxylation is 1. The molecular formula is C12H19N3S. The average Bonchev–Trinajstić information content (AvgIpc) is 3.06. The van der Waals surface area contributed by atoms with Crippen LogP contribution in [-0.2, 0) is 13.0 Å². The molecule has 0 atom stereocenters. The number of anilines is 1. The molecule has 1 aromatic heterocycles. The molecule has 2 N–H and O–H groups in total. The molecule has 0 bridgehead atoms. The molecule has 0 amide bonds. The highest BCUT2D eigenvalue weighted by Crippen LogP contribution is 2.40. The molecule has 88 valence electrons. The summed E-state index contributed by atoms with van der Waals surface area (Å²) in [7, 11) is 0. The van der Waals surface area contributed by atoms with Crippen molar-refractivity contribution in [3.8, 4) is 0 Å². The number of rotatable bonds is 6. The Morgan fingerprint density at radius 3 is 2.94 bits per heavy atom. The van der Waals surface area contributed by atoms with Crippen molar-refractivity contribution >= 4 is 17.6 Å². The normalized spacial score (nSPS) is 15.3. The summed E-state index contributed by atoms with van der Waals surface area (Å²) in [6.45, 7) is 4.56. The van der Waals surface area contributed by atoms with E-state index < -0.39 is 0 Å². The predicted molar refractivity (Wildman–Crippen MR) is 70.9 cm³/mol. The van der Waals surface area contributed by atoms with Crippen molar-refractivity contribution in [2.45, 2.75) is 31.7 Å². The SMILES string of the molecule is C=CCn1c(C2CC2)nc(CCSC)c1N. The molecule has 1 aliphatic rings. The monoisotopic (exact) mass is 237 g/mol. The number of nitrogens with zero attached hydrogens (tertiary/aromatic N) is 2. The van der Waals surface area contributed by atoms with Gasteiger partial charge in [-0.2, -0.15) is 11.8 Å². The van der Waals surface area contributed by atoms with Gasteiger partial charge in [0.15, 0.2) is 0 Å². The number of allylic oxidation sites excluding steroid dienone is 1. The fourth-order valence-corrected chi connectivity index (χ4v) is 2.29. The van der Waals surface area contributed by atoms with Crippen molar-refractivity contribution < 1.29 is 0 Å². The Kier molecular flexibility index (Phi) is 3.59. The molecule has 0 aromatic carbocycles. The Hall–Kier alpha value is -0.900. The molecule has 0 radical (unpaired) electrons. The minimum absolute atomic E-state index is 0.644. The second-order valence-electron chi connectivity index (χ2n) is 4.22. The number of hydrogen-bond acceptors (Lipinski definition) is 3. The molecule has 3 nitrogen and oxygen atoms in total. The number of nitrogens with two attached hydrogens (primary N) is 1. The van der Waals surface area contributed by atoms with Crippen molar-refractivity contribution in [3.63, 3.8) is 0 Å². The summed E-state index contributed by atoms with van der Waals surface area (Å²) >= 11 is 1.83. The van der Waals surface area contributed by atoms with E-state index in [1.165, 1.54) is 18.7 Å². The van der Waals surface area contributed by atoms with E-state index in [-0.39, 0.29) is 0 Å². The Balaban J connectivity index is 2.24. The van der Waals surface area contributed by atoms with Gasteiger partial charge in [-0.15, -0.1) is 6.58 Å². The van der Waals surface area contributed by atoms with E-state index in [1.807, 2.05) is 17.8 Å². The van der Waals surface area contributed by atoms with Crippen LogP contribution in [0.3, 0.4) is 0 Å². The minimum atomic E-state index is 0.644. The van der Waals surface area contributed by atoms with Gasteiger partial charge in [0.05, 0.1) is 5.69 Å². The van der Waals surface area contributed by atoms with Crippen LogP contribution in [0.4, 0.5) is 5.82 Å². The first kappa shape index (κ1) is 11.6. The molecule has 0 unspecified atom stereocenters. The van der Waals surface area contributed by atoms with Gasteiger partial charge < -0.3 is 10.3 Å². The van der Waals surface area contributed by atoms with Crippen LogP contribution in [0.15, 0.2) is 12.7 Å². The number of thioether (sulfide) groups is 1. The van der Waals surface area contributed by atoms with E-state index in [1.54, 1.807) is 0 Å². The van der Waals surface area contributed by atoms with Crippen LogP contribution in [0.25, 0.3) is 0 Å².